The summed E-state index contributed by atoms with van der Waals surface area (Å²) in [5.74, 6) is 0. The van der Waals surface area contributed by atoms with Crippen molar-refractivity contribution in [2.24, 2.45) is 0 Å². The molecule has 0 saturated carbocycles. The van der Waals surface area contributed by atoms with Crippen LogP contribution in [0.4, 0.5) is 0 Å². The Labute approximate surface area is 32.4 Å². The summed E-state index contributed by atoms with van der Waals surface area (Å²) in [6.45, 7) is 0. The summed E-state index contributed by atoms with van der Waals surface area (Å²) < 4.78 is 8.19. The fourth-order valence-corrected chi connectivity index (χ4v) is 0. The number of rotatable bonds is 0. The molecule has 0 radical (unpaired) electrons. The summed E-state index contributed by atoms with van der Waals surface area (Å²) in [6, 6.07) is 0. The summed E-state index contributed by atoms with van der Waals surface area (Å²) in [5.41, 5.74) is 0. The zero-order chi connectivity index (χ0) is 4.00. The maximum absolute atomic E-state index is 8.19. The van der Waals surface area contributed by atoms with Gasteiger partial charge in [-0.15, -0.1) is 0 Å². The number of hydrogen-bond acceptors (Lipinski definition) is 3. The van der Waals surface area contributed by atoms with E-state index in [1.165, 1.54) is 0 Å². The third-order valence-electron chi connectivity index (χ3n) is 0. The standard InChI is InChI=1S/H2O2.O.V/c1-2;;/h1-2H;;/q;;+2. The van der Waals surface area contributed by atoms with E-state index in [4.69, 9.17) is 14.2 Å². The molecule has 0 aromatic heterocycles. The summed E-state index contributed by atoms with van der Waals surface area (Å²) >= 11 is 1.06. The van der Waals surface area contributed by atoms with Crippen molar-refractivity contribution in [3.63, 3.8) is 0 Å². The van der Waals surface area contributed by atoms with Crippen LogP contribution in [-0.4, -0.2) is 10.5 Å². The third-order valence-corrected chi connectivity index (χ3v) is 0. The van der Waals surface area contributed by atoms with Gasteiger partial charge in [-0.1, -0.05) is 0 Å². The van der Waals surface area contributed by atoms with E-state index in [1.807, 2.05) is 0 Å². The van der Waals surface area contributed by atoms with Crippen molar-refractivity contribution in [2.75, 3.05) is 0 Å². The molecule has 4 heavy (non-hydrogen) atoms. The average molecular weight is 101 g/mol. The van der Waals surface area contributed by atoms with Crippen LogP contribution in [-0.2, 0) is 21.0 Å². The van der Waals surface area contributed by atoms with Gasteiger partial charge in [0.1, 0.15) is 0 Å². The van der Waals surface area contributed by atoms with Crippen LogP contribution in [0.3, 0.4) is 0 Å². The van der Waals surface area contributed by atoms with Crippen molar-refractivity contribution < 1.29 is 31.6 Å². The molecule has 0 aliphatic heterocycles. The molecule has 0 aromatic rings. The van der Waals surface area contributed by atoms with Crippen LogP contribution in [0.2, 0.25) is 0 Å². The van der Waals surface area contributed by atoms with Gasteiger partial charge < -0.3 is 0 Å². The van der Waals surface area contributed by atoms with E-state index in [2.05, 4.69) is 0 Å². The van der Waals surface area contributed by atoms with Gasteiger partial charge in [-0.25, -0.2) is 0 Å². The quantitative estimate of drug-likeness (QED) is 0.330. The second-order valence-corrected chi connectivity index (χ2v) is 0. The summed E-state index contributed by atoms with van der Waals surface area (Å²) in [4.78, 5) is 0. The van der Waals surface area contributed by atoms with E-state index in [-0.39, 0.29) is 0 Å². The van der Waals surface area contributed by atoms with Crippen molar-refractivity contribution in [2.45, 2.75) is 0 Å². The Balaban J connectivity index is 0. The second-order valence-electron chi connectivity index (χ2n) is 0. The maximum atomic E-state index is 8.19. The minimum atomic E-state index is 1.06. The van der Waals surface area contributed by atoms with Crippen LogP contribution in [0.25, 0.3) is 0 Å². The Kier molecular flexibility index (Phi) is 419. The Hall–Kier alpha value is 0.304. The van der Waals surface area contributed by atoms with Gasteiger partial charge in [0.15, 0.2) is 0 Å². The topological polar surface area (TPSA) is 57.5 Å². The first-order valence-electron chi connectivity index (χ1n) is 0.383. The molecule has 0 aromatic carbocycles. The number of hydrogen-bond donors (Lipinski definition) is 2. The predicted octanol–water partition coefficient (Wildman–Crippen LogP) is -0.104. The van der Waals surface area contributed by atoms with Crippen LogP contribution in [0.5, 0.6) is 0 Å². The van der Waals surface area contributed by atoms with Crippen LogP contribution in [0.15, 0.2) is 0 Å². The predicted molar refractivity (Wildman–Crippen MR) is 5.94 cm³/mol. The molecule has 0 fully saturated rings. The van der Waals surface area contributed by atoms with Gasteiger partial charge in [-0.2, -0.15) is 0 Å². The average Bonchev–Trinajstić information content (AvgIpc) is 1.50. The zero-order valence-electron chi connectivity index (χ0n) is 1.75. The van der Waals surface area contributed by atoms with Crippen molar-refractivity contribution >= 4 is 0 Å². The minimum absolute atomic E-state index is 1.06. The van der Waals surface area contributed by atoms with Crippen molar-refractivity contribution in [1.82, 2.24) is 0 Å². The van der Waals surface area contributed by atoms with Gasteiger partial charge in [-0.05, 0) is 0 Å². The molecule has 0 bridgehead atoms. The summed E-state index contributed by atoms with van der Waals surface area (Å²) in [7, 11) is 0. The Bertz CT molecular complexity index is 3.25. The fraction of sp³-hybridized carbons (Fsp3) is 0. The summed E-state index contributed by atoms with van der Waals surface area (Å²) in [6.07, 6.45) is 0. The van der Waals surface area contributed by atoms with E-state index in [0.29, 0.717) is 0 Å². The molecule has 0 amide bonds. The first kappa shape index (κ1) is 8.85. The fourth-order valence-electron chi connectivity index (χ4n) is 0. The molecule has 3 nitrogen and oxygen atoms in total. The molecule has 0 heterocycles. The molecule has 0 saturated heterocycles. The molecule has 0 rings (SSSR count). The first-order valence-corrected chi connectivity index (χ1v) is 0.953. The van der Waals surface area contributed by atoms with Gasteiger partial charge in [0.05, 0.1) is 0 Å². The van der Waals surface area contributed by atoms with E-state index >= 15 is 0 Å². The van der Waals surface area contributed by atoms with E-state index < -0.39 is 0 Å². The monoisotopic (exact) mass is 101 g/mol. The molecule has 0 atom stereocenters. The Morgan fingerprint density at radius 3 is 1.25 bits per heavy atom. The van der Waals surface area contributed by atoms with E-state index in [9.17, 15) is 0 Å². The molecule has 0 aliphatic carbocycles. The van der Waals surface area contributed by atoms with Gasteiger partial charge in [0, 0.05) is 0 Å². The van der Waals surface area contributed by atoms with Gasteiger partial charge in [0.25, 0.3) is 0 Å². The van der Waals surface area contributed by atoms with Gasteiger partial charge in [-0.3, -0.25) is 10.5 Å². The molecular weight excluding hydrogens is 98.9 g/mol. The molecular formula is H2O3V+2. The first-order chi connectivity index (χ1) is 2.00. The van der Waals surface area contributed by atoms with E-state index in [0.717, 1.165) is 17.4 Å². The van der Waals surface area contributed by atoms with Crippen molar-refractivity contribution in [3.05, 3.63) is 0 Å². The third kappa shape index (κ3) is 42.3. The van der Waals surface area contributed by atoms with Gasteiger partial charge >= 0.3 is 21.0 Å². The SMILES string of the molecule is OO.[O]=[V+2]. The molecule has 4 heteroatoms. The van der Waals surface area contributed by atoms with Crippen LogP contribution in [0.1, 0.15) is 0 Å². The Morgan fingerprint density at radius 1 is 1.25 bits per heavy atom. The van der Waals surface area contributed by atoms with Crippen LogP contribution in [0, 0.1) is 0 Å². The molecule has 2 N–H and O–H groups in total. The van der Waals surface area contributed by atoms with Crippen molar-refractivity contribution in [3.8, 4) is 0 Å². The van der Waals surface area contributed by atoms with Gasteiger partial charge in [0.2, 0.25) is 0 Å². The zero-order valence-corrected chi connectivity index (χ0v) is 3.15. The molecule has 0 spiro atoms. The normalized spacial score (nSPS) is 3.00. The van der Waals surface area contributed by atoms with Crippen LogP contribution >= 0.6 is 0 Å². The molecule has 23 valence electrons. The molecule has 0 aliphatic rings. The Morgan fingerprint density at radius 2 is 1.25 bits per heavy atom. The molecule has 0 unspecified atom stereocenters. The summed E-state index contributed by atoms with van der Waals surface area (Å²) in [5, 5.41) is 12.0. The second kappa shape index (κ2) is 189. The van der Waals surface area contributed by atoms with Crippen molar-refractivity contribution in [1.29, 1.82) is 0 Å². The van der Waals surface area contributed by atoms with Crippen LogP contribution < -0.4 is 0 Å². The van der Waals surface area contributed by atoms with E-state index in [1.54, 1.807) is 0 Å².